The summed E-state index contributed by atoms with van der Waals surface area (Å²) >= 11 is 0. The Morgan fingerprint density at radius 1 is 1.16 bits per heavy atom. The van der Waals surface area contributed by atoms with E-state index in [1.165, 1.54) is 0 Å². The van der Waals surface area contributed by atoms with Crippen molar-refractivity contribution in [1.82, 2.24) is 15.1 Å². The zero-order chi connectivity index (χ0) is 18.1. The summed E-state index contributed by atoms with van der Waals surface area (Å²) in [6.07, 6.45) is 2.12. The summed E-state index contributed by atoms with van der Waals surface area (Å²) in [6, 6.07) is 0. The van der Waals surface area contributed by atoms with Crippen molar-refractivity contribution < 1.29 is 23.9 Å². The van der Waals surface area contributed by atoms with Crippen LogP contribution in [0, 0.1) is 0 Å². The van der Waals surface area contributed by atoms with E-state index in [1.54, 1.807) is 6.92 Å². The average Bonchev–Trinajstić information content (AvgIpc) is 3.14. The number of hydrogen-bond acceptors (Lipinski definition) is 6. The number of hydrogen-bond donors (Lipinski definition) is 1. The minimum absolute atomic E-state index is 0.0674. The van der Waals surface area contributed by atoms with Gasteiger partial charge in [-0.2, -0.15) is 0 Å². The van der Waals surface area contributed by atoms with E-state index in [2.05, 4.69) is 10.2 Å². The third kappa shape index (κ3) is 6.62. The summed E-state index contributed by atoms with van der Waals surface area (Å²) in [4.78, 5) is 39.3. The van der Waals surface area contributed by atoms with E-state index in [0.29, 0.717) is 45.8 Å². The van der Waals surface area contributed by atoms with Gasteiger partial charge < -0.3 is 19.7 Å². The molecule has 2 fully saturated rings. The second-order valence-electron chi connectivity index (χ2n) is 6.32. The fraction of sp³-hybridized carbons (Fsp3) is 0.824. The normalized spacial score (nSPS) is 21.2. The molecular weight excluding hydrogens is 326 g/mol. The maximum absolute atomic E-state index is 12.3. The Morgan fingerprint density at radius 2 is 1.92 bits per heavy atom. The van der Waals surface area contributed by atoms with Crippen LogP contribution >= 0.6 is 0 Å². The Labute approximate surface area is 148 Å². The van der Waals surface area contributed by atoms with Crippen molar-refractivity contribution in [3.05, 3.63) is 0 Å². The first-order chi connectivity index (χ1) is 12.1. The Morgan fingerprint density at radius 3 is 2.56 bits per heavy atom. The molecular formula is C17H29N3O5. The summed E-state index contributed by atoms with van der Waals surface area (Å²) in [5, 5.41) is 2.73. The first-order valence-electron chi connectivity index (χ1n) is 9.15. The molecule has 0 aromatic rings. The molecule has 1 unspecified atom stereocenters. The van der Waals surface area contributed by atoms with Gasteiger partial charge in [-0.1, -0.05) is 0 Å². The summed E-state index contributed by atoms with van der Waals surface area (Å²) in [5.74, 6) is -0.258. The van der Waals surface area contributed by atoms with E-state index in [0.717, 1.165) is 25.9 Å². The van der Waals surface area contributed by atoms with Crippen LogP contribution in [0.2, 0.25) is 0 Å². The molecule has 2 aliphatic rings. The van der Waals surface area contributed by atoms with E-state index < -0.39 is 0 Å². The molecule has 0 radical (unpaired) electrons. The number of carbonyl (C=O) groups is 3. The minimum atomic E-state index is -0.296. The molecule has 0 saturated carbocycles. The van der Waals surface area contributed by atoms with Crippen LogP contribution in [0.1, 0.15) is 32.6 Å². The van der Waals surface area contributed by atoms with Gasteiger partial charge in [-0.15, -0.1) is 0 Å². The summed E-state index contributed by atoms with van der Waals surface area (Å²) < 4.78 is 10.3. The van der Waals surface area contributed by atoms with Gasteiger partial charge in [0.05, 0.1) is 13.0 Å². The molecule has 0 aliphatic carbocycles. The summed E-state index contributed by atoms with van der Waals surface area (Å²) in [5.41, 5.74) is 0. The Bertz CT molecular complexity index is 457. The number of esters is 1. The molecule has 1 atom stereocenters. The number of piperazine rings is 1. The molecule has 8 heteroatoms. The predicted molar refractivity (Wildman–Crippen MR) is 90.9 cm³/mol. The van der Waals surface area contributed by atoms with Crippen molar-refractivity contribution in [3.63, 3.8) is 0 Å². The highest BCUT2D eigenvalue weighted by Crippen LogP contribution is 2.16. The molecule has 25 heavy (non-hydrogen) atoms. The molecule has 0 spiro atoms. The third-order valence-electron chi connectivity index (χ3n) is 4.50. The number of nitrogens with zero attached hydrogens (tertiary/aromatic N) is 2. The fourth-order valence-corrected chi connectivity index (χ4v) is 3.05. The van der Waals surface area contributed by atoms with Gasteiger partial charge in [0.2, 0.25) is 5.91 Å². The minimum Gasteiger partial charge on any atom is -0.466 e. The lowest BCUT2D eigenvalue weighted by Gasteiger charge is -2.35. The molecule has 2 aliphatic heterocycles. The van der Waals surface area contributed by atoms with Crippen molar-refractivity contribution in [2.75, 3.05) is 52.5 Å². The molecule has 142 valence electrons. The Kier molecular flexibility index (Phi) is 8.14. The lowest BCUT2D eigenvalue weighted by atomic mass is 10.2. The van der Waals surface area contributed by atoms with Crippen LogP contribution in [-0.2, 0) is 23.9 Å². The van der Waals surface area contributed by atoms with E-state index in [-0.39, 0.29) is 30.3 Å². The molecule has 2 rings (SSSR count). The van der Waals surface area contributed by atoms with Crippen LogP contribution in [0.15, 0.2) is 0 Å². The first kappa shape index (κ1) is 19.7. The molecule has 0 aromatic carbocycles. The second-order valence-corrected chi connectivity index (χ2v) is 6.32. The van der Waals surface area contributed by atoms with Crippen LogP contribution in [-0.4, -0.2) is 86.2 Å². The standard InChI is InChI=1S/C17H29N3O5/c1-2-24-16(22)5-7-18-15(21)6-8-19-9-11-20(12-10-19)17(23)14-4-3-13-25-14/h14H,2-13H2,1H3,(H,18,21). The zero-order valence-corrected chi connectivity index (χ0v) is 15.0. The van der Waals surface area contributed by atoms with Crippen LogP contribution in [0.3, 0.4) is 0 Å². The SMILES string of the molecule is CCOC(=O)CCNC(=O)CCN1CCN(C(=O)C2CCCO2)CC1. The van der Waals surface area contributed by atoms with Crippen LogP contribution in [0.4, 0.5) is 0 Å². The van der Waals surface area contributed by atoms with Gasteiger partial charge in [0.25, 0.3) is 5.91 Å². The van der Waals surface area contributed by atoms with Gasteiger partial charge >= 0.3 is 5.97 Å². The summed E-state index contributed by atoms with van der Waals surface area (Å²) in [6.45, 7) is 6.67. The summed E-state index contributed by atoms with van der Waals surface area (Å²) in [7, 11) is 0. The van der Waals surface area contributed by atoms with Gasteiger partial charge in [-0.25, -0.2) is 0 Å². The van der Waals surface area contributed by atoms with Crippen molar-refractivity contribution >= 4 is 17.8 Å². The highest BCUT2D eigenvalue weighted by Gasteiger charge is 2.30. The average molecular weight is 355 g/mol. The Balaban J connectivity index is 1.56. The van der Waals surface area contributed by atoms with Gasteiger partial charge in [0.1, 0.15) is 6.10 Å². The van der Waals surface area contributed by atoms with E-state index in [9.17, 15) is 14.4 Å². The fourth-order valence-electron chi connectivity index (χ4n) is 3.05. The number of carbonyl (C=O) groups excluding carboxylic acids is 3. The maximum Gasteiger partial charge on any atom is 0.307 e. The van der Waals surface area contributed by atoms with Gasteiger partial charge in [0, 0.05) is 52.3 Å². The number of nitrogens with one attached hydrogen (secondary N) is 1. The molecule has 2 amide bonds. The van der Waals surface area contributed by atoms with Crippen molar-refractivity contribution in [2.45, 2.75) is 38.7 Å². The van der Waals surface area contributed by atoms with Crippen LogP contribution < -0.4 is 5.32 Å². The molecule has 8 nitrogen and oxygen atoms in total. The lowest BCUT2D eigenvalue weighted by Crippen LogP contribution is -2.51. The van der Waals surface area contributed by atoms with E-state index in [1.807, 2.05) is 4.90 Å². The number of amides is 2. The predicted octanol–water partition coefficient (Wildman–Crippen LogP) is -0.231. The largest absolute Gasteiger partial charge is 0.466 e. The smallest absolute Gasteiger partial charge is 0.307 e. The number of ether oxygens (including phenoxy) is 2. The van der Waals surface area contributed by atoms with Gasteiger partial charge in [-0.05, 0) is 19.8 Å². The maximum atomic E-state index is 12.3. The highest BCUT2D eigenvalue weighted by molar-refractivity contribution is 5.81. The highest BCUT2D eigenvalue weighted by atomic mass is 16.5. The van der Waals surface area contributed by atoms with Crippen LogP contribution in [0.5, 0.6) is 0 Å². The second kappa shape index (κ2) is 10.4. The van der Waals surface area contributed by atoms with Crippen molar-refractivity contribution in [1.29, 1.82) is 0 Å². The molecule has 0 bridgehead atoms. The zero-order valence-electron chi connectivity index (χ0n) is 15.0. The first-order valence-corrected chi connectivity index (χ1v) is 9.15. The lowest BCUT2D eigenvalue weighted by molar-refractivity contribution is -0.143. The third-order valence-corrected chi connectivity index (χ3v) is 4.50. The molecule has 0 aromatic heterocycles. The Hall–Kier alpha value is -1.67. The molecule has 2 saturated heterocycles. The molecule has 1 N–H and O–H groups in total. The van der Waals surface area contributed by atoms with Crippen molar-refractivity contribution in [3.8, 4) is 0 Å². The van der Waals surface area contributed by atoms with Crippen molar-refractivity contribution in [2.24, 2.45) is 0 Å². The topological polar surface area (TPSA) is 88.2 Å². The van der Waals surface area contributed by atoms with Crippen LogP contribution in [0.25, 0.3) is 0 Å². The monoisotopic (exact) mass is 355 g/mol. The quantitative estimate of drug-likeness (QED) is 0.605. The van der Waals surface area contributed by atoms with Gasteiger partial charge in [0.15, 0.2) is 0 Å². The molecule has 2 heterocycles. The van der Waals surface area contributed by atoms with E-state index in [4.69, 9.17) is 9.47 Å². The van der Waals surface area contributed by atoms with E-state index >= 15 is 0 Å². The van der Waals surface area contributed by atoms with Gasteiger partial charge in [-0.3, -0.25) is 19.3 Å². The number of rotatable bonds is 8.